The van der Waals surface area contributed by atoms with Crippen LogP contribution in [0.3, 0.4) is 0 Å². The Bertz CT molecular complexity index is 313. The zero-order chi connectivity index (χ0) is 10.9. The molecule has 2 unspecified atom stereocenters. The smallest absolute Gasteiger partial charge is 0.277 e. The van der Waals surface area contributed by atoms with Crippen LogP contribution in [0.5, 0.6) is 0 Å². The zero-order valence-electron chi connectivity index (χ0n) is 8.65. The Morgan fingerprint density at radius 3 is 2.47 bits per heavy atom. The summed E-state index contributed by atoms with van der Waals surface area (Å²) in [6.07, 6.45) is 4.23. The van der Waals surface area contributed by atoms with Crippen molar-refractivity contribution >= 4 is 10.2 Å². The summed E-state index contributed by atoms with van der Waals surface area (Å²) >= 11 is 0. The first-order chi connectivity index (χ1) is 7.07. The van der Waals surface area contributed by atoms with Gasteiger partial charge in [-0.1, -0.05) is 6.42 Å². The Labute approximate surface area is 90.4 Å². The first kappa shape index (κ1) is 11.3. The molecule has 2 aliphatic rings. The normalized spacial score (nSPS) is 32.1. The van der Waals surface area contributed by atoms with Crippen molar-refractivity contribution in [2.45, 2.75) is 44.2 Å². The van der Waals surface area contributed by atoms with E-state index in [-0.39, 0.29) is 18.1 Å². The quantitative estimate of drug-likeness (QED) is 0.613. The van der Waals surface area contributed by atoms with Crippen LogP contribution in [0.15, 0.2) is 0 Å². The molecule has 0 saturated heterocycles. The Hall–Kier alpha value is -0.170. The van der Waals surface area contributed by atoms with Crippen molar-refractivity contribution in [1.29, 1.82) is 0 Å². The molecule has 6 heteroatoms. The average Bonchev–Trinajstić information content (AvgIpc) is 2.84. The van der Waals surface area contributed by atoms with Crippen LogP contribution in [-0.2, 0) is 10.2 Å². The van der Waals surface area contributed by atoms with Gasteiger partial charge in [-0.25, -0.2) is 4.72 Å². The maximum atomic E-state index is 11.4. The molecule has 2 fully saturated rings. The molecular weight excluding hydrogens is 216 g/mol. The van der Waals surface area contributed by atoms with Gasteiger partial charge in [0.15, 0.2) is 0 Å². The Kier molecular flexibility index (Phi) is 3.30. The fourth-order valence-corrected chi connectivity index (χ4v) is 3.13. The van der Waals surface area contributed by atoms with Crippen molar-refractivity contribution in [3.8, 4) is 0 Å². The van der Waals surface area contributed by atoms with E-state index in [0.717, 1.165) is 32.1 Å². The molecule has 0 aromatic carbocycles. The van der Waals surface area contributed by atoms with E-state index in [0.29, 0.717) is 6.54 Å². The lowest BCUT2D eigenvalue weighted by Crippen LogP contribution is -2.41. The summed E-state index contributed by atoms with van der Waals surface area (Å²) in [6, 6.07) is 0.135. The van der Waals surface area contributed by atoms with Gasteiger partial charge in [0.25, 0.3) is 10.2 Å². The van der Waals surface area contributed by atoms with Gasteiger partial charge in [0, 0.05) is 12.6 Å². The summed E-state index contributed by atoms with van der Waals surface area (Å²) in [6.45, 7) is 0.350. The van der Waals surface area contributed by atoms with E-state index in [2.05, 4.69) is 9.44 Å². The van der Waals surface area contributed by atoms with Crippen LogP contribution in [-0.4, -0.2) is 32.2 Å². The molecule has 2 atom stereocenters. The lowest BCUT2D eigenvalue weighted by molar-refractivity contribution is 0.134. The van der Waals surface area contributed by atoms with E-state index < -0.39 is 10.2 Å². The third kappa shape index (κ3) is 3.41. The molecule has 2 rings (SSSR count). The molecule has 0 heterocycles. The molecule has 3 N–H and O–H groups in total. The van der Waals surface area contributed by atoms with E-state index in [4.69, 9.17) is 0 Å². The molecule has 0 amide bonds. The fourth-order valence-electron chi connectivity index (χ4n) is 1.93. The molecule has 2 saturated carbocycles. The number of nitrogens with one attached hydrogen (secondary N) is 2. The van der Waals surface area contributed by atoms with Crippen LogP contribution in [0.1, 0.15) is 32.1 Å². The third-order valence-corrected chi connectivity index (χ3v) is 4.24. The van der Waals surface area contributed by atoms with Gasteiger partial charge in [0.1, 0.15) is 0 Å². The van der Waals surface area contributed by atoms with Gasteiger partial charge in [-0.2, -0.15) is 13.1 Å². The highest BCUT2D eigenvalue weighted by molar-refractivity contribution is 7.87. The predicted octanol–water partition coefficient (Wildman–Crippen LogP) is -0.266. The van der Waals surface area contributed by atoms with E-state index in [1.54, 1.807) is 0 Å². The standard InChI is InChI=1S/C9H18N2O3S/c12-9-3-1-2-7(9)6-10-15(13,14)11-8-4-5-8/h7-12H,1-6H2. The van der Waals surface area contributed by atoms with E-state index >= 15 is 0 Å². The van der Waals surface area contributed by atoms with Crippen LogP contribution in [0, 0.1) is 5.92 Å². The van der Waals surface area contributed by atoms with Gasteiger partial charge in [-0.3, -0.25) is 0 Å². The molecule has 0 aliphatic heterocycles. The maximum absolute atomic E-state index is 11.4. The second-order valence-corrected chi connectivity index (χ2v) is 6.03. The second-order valence-electron chi connectivity index (χ2n) is 4.50. The molecule has 88 valence electrons. The van der Waals surface area contributed by atoms with Gasteiger partial charge in [0.2, 0.25) is 0 Å². The molecule has 0 aromatic heterocycles. The van der Waals surface area contributed by atoms with Crippen molar-refractivity contribution in [1.82, 2.24) is 9.44 Å². The number of hydrogen-bond donors (Lipinski definition) is 3. The first-order valence-electron chi connectivity index (χ1n) is 5.52. The fraction of sp³-hybridized carbons (Fsp3) is 1.00. The number of aliphatic hydroxyl groups excluding tert-OH is 1. The molecule has 0 bridgehead atoms. The van der Waals surface area contributed by atoms with Gasteiger partial charge < -0.3 is 5.11 Å². The predicted molar refractivity (Wildman–Crippen MR) is 56.4 cm³/mol. The summed E-state index contributed by atoms with van der Waals surface area (Å²) in [5.41, 5.74) is 0. The summed E-state index contributed by atoms with van der Waals surface area (Å²) in [4.78, 5) is 0. The first-order valence-corrected chi connectivity index (χ1v) is 7.00. The van der Waals surface area contributed by atoms with Gasteiger partial charge >= 0.3 is 0 Å². The highest BCUT2D eigenvalue weighted by atomic mass is 32.2. The molecule has 0 aromatic rings. The van der Waals surface area contributed by atoms with E-state index in [1.807, 2.05) is 0 Å². The van der Waals surface area contributed by atoms with Crippen molar-refractivity contribution in [2.24, 2.45) is 5.92 Å². The minimum atomic E-state index is -3.34. The minimum absolute atomic E-state index is 0.0841. The highest BCUT2D eigenvalue weighted by Gasteiger charge is 2.29. The monoisotopic (exact) mass is 234 g/mol. The SMILES string of the molecule is O=S(=O)(NCC1CCCC1O)NC1CC1. The molecule has 2 aliphatic carbocycles. The molecule has 0 spiro atoms. The average molecular weight is 234 g/mol. The molecule has 15 heavy (non-hydrogen) atoms. The highest BCUT2D eigenvalue weighted by Crippen LogP contribution is 2.25. The van der Waals surface area contributed by atoms with Gasteiger partial charge in [-0.15, -0.1) is 0 Å². The van der Waals surface area contributed by atoms with Crippen LogP contribution < -0.4 is 9.44 Å². The largest absolute Gasteiger partial charge is 0.393 e. The topological polar surface area (TPSA) is 78.4 Å². The Balaban J connectivity index is 1.76. The number of hydrogen-bond acceptors (Lipinski definition) is 3. The van der Waals surface area contributed by atoms with Crippen LogP contribution in [0.4, 0.5) is 0 Å². The third-order valence-electron chi connectivity index (χ3n) is 3.05. The van der Waals surface area contributed by atoms with Crippen LogP contribution >= 0.6 is 0 Å². The summed E-state index contributed by atoms with van der Waals surface area (Å²) in [5.74, 6) is 0.0841. The lowest BCUT2D eigenvalue weighted by atomic mass is 10.1. The lowest BCUT2D eigenvalue weighted by Gasteiger charge is -2.15. The van der Waals surface area contributed by atoms with Gasteiger partial charge in [0.05, 0.1) is 6.10 Å². The minimum Gasteiger partial charge on any atom is -0.393 e. The number of rotatable bonds is 5. The number of aliphatic hydroxyl groups is 1. The zero-order valence-corrected chi connectivity index (χ0v) is 9.46. The van der Waals surface area contributed by atoms with E-state index in [1.165, 1.54) is 0 Å². The second kappa shape index (κ2) is 4.37. The van der Waals surface area contributed by atoms with Crippen molar-refractivity contribution in [3.63, 3.8) is 0 Å². The summed E-state index contributed by atoms with van der Waals surface area (Å²) < 4.78 is 27.9. The van der Waals surface area contributed by atoms with Crippen molar-refractivity contribution in [3.05, 3.63) is 0 Å². The van der Waals surface area contributed by atoms with Crippen molar-refractivity contribution in [2.75, 3.05) is 6.54 Å². The molecule has 5 nitrogen and oxygen atoms in total. The van der Waals surface area contributed by atoms with Gasteiger partial charge in [-0.05, 0) is 31.6 Å². The summed E-state index contributed by atoms with van der Waals surface area (Å²) in [5, 5.41) is 9.52. The van der Waals surface area contributed by atoms with E-state index in [9.17, 15) is 13.5 Å². The Morgan fingerprint density at radius 2 is 1.93 bits per heavy atom. The van der Waals surface area contributed by atoms with Crippen LogP contribution in [0.25, 0.3) is 0 Å². The van der Waals surface area contributed by atoms with Crippen molar-refractivity contribution < 1.29 is 13.5 Å². The molecule has 0 radical (unpaired) electrons. The summed E-state index contributed by atoms with van der Waals surface area (Å²) in [7, 11) is -3.34. The molecular formula is C9H18N2O3S. The van der Waals surface area contributed by atoms with Crippen LogP contribution in [0.2, 0.25) is 0 Å². The Morgan fingerprint density at radius 1 is 1.20 bits per heavy atom. The maximum Gasteiger partial charge on any atom is 0.277 e.